The summed E-state index contributed by atoms with van der Waals surface area (Å²) in [6.07, 6.45) is 8.40. The fourth-order valence-corrected chi connectivity index (χ4v) is 1.84. The first-order chi connectivity index (χ1) is 8.24. The molecular weight excluding hydrogens is 212 g/mol. The van der Waals surface area contributed by atoms with Gasteiger partial charge in [0.25, 0.3) is 0 Å². The van der Waals surface area contributed by atoms with Gasteiger partial charge in [0.1, 0.15) is 0 Å². The fraction of sp³-hybridized carbons (Fsp3) is 0.385. The summed E-state index contributed by atoms with van der Waals surface area (Å²) < 4.78 is 1.81. The van der Waals surface area contributed by atoms with Crippen LogP contribution in [-0.4, -0.2) is 20.8 Å². The smallest absolute Gasteiger partial charge is 0.0639 e. The molecule has 17 heavy (non-hydrogen) atoms. The highest BCUT2D eigenvalue weighted by Crippen LogP contribution is 2.06. The standard InChI is InChI=1S/C13H18N4/c1-17-8-6-13(16-17)9-12(14)5-4-11-3-2-7-15-10-11/h2-3,6-8,10,12H,4-5,9,14H2,1H3. The maximum absolute atomic E-state index is 6.09. The second-order valence-electron chi connectivity index (χ2n) is 4.34. The third-order valence-corrected chi connectivity index (χ3v) is 2.77. The minimum Gasteiger partial charge on any atom is -0.327 e. The summed E-state index contributed by atoms with van der Waals surface area (Å²) in [5.41, 5.74) is 8.39. The van der Waals surface area contributed by atoms with E-state index in [1.54, 1.807) is 6.20 Å². The van der Waals surface area contributed by atoms with Crippen molar-refractivity contribution in [1.29, 1.82) is 0 Å². The van der Waals surface area contributed by atoms with Gasteiger partial charge in [-0.2, -0.15) is 5.10 Å². The van der Waals surface area contributed by atoms with Crippen molar-refractivity contribution in [3.63, 3.8) is 0 Å². The second-order valence-corrected chi connectivity index (χ2v) is 4.34. The van der Waals surface area contributed by atoms with Crippen LogP contribution >= 0.6 is 0 Å². The zero-order chi connectivity index (χ0) is 12.1. The maximum atomic E-state index is 6.09. The van der Waals surface area contributed by atoms with Gasteiger partial charge in [0.15, 0.2) is 0 Å². The molecule has 0 radical (unpaired) electrons. The molecule has 0 fully saturated rings. The van der Waals surface area contributed by atoms with Crippen molar-refractivity contribution in [2.75, 3.05) is 0 Å². The van der Waals surface area contributed by atoms with Gasteiger partial charge in [0.05, 0.1) is 5.69 Å². The second kappa shape index (κ2) is 5.59. The van der Waals surface area contributed by atoms with E-state index in [-0.39, 0.29) is 6.04 Å². The average Bonchev–Trinajstić information content (AvgIpc) is 2.73. The highest BCUT2D eigenvalue weighted by Gasteiger charge is 2.06. The first kappa shape index (κ1) is 11.8. The van der Waals surface area contributed by atoms with Crippen LogP contribution in [0.1, 0.15) is 17.7 Å². The topological polar surface area (TPSA) is 56.7 Å². The normalized spacial score (nSPS) is 12.6. The van der Waals surface area contributed by atoms with Crippen molar-refractivity contribution in [3.8, 4) is 0 Å². The van der Waals surface area contributed by atoms with Gasteiger partial charge in [-0.05, 0) is 30.5 Å². The van der Waals surface area contributed by atoms with Crippen LogP contribution in [0.3, 0.4) is 0 Å². The van der Waals surface area contributed by atoms with Crippen molar-refractivity contribution >= 4 is 0 Å². The van der Waals surface area contributed by atoms with E-state index in [1.807, 2.05) is 36.3 Å². The highest BCUT2D eigenvalue weighted by atomic mass is 15.2. The minimum atomic E-state index is 0.158. The molecule has 4 nitrogen and oxygen atoms in total. The Labute approximate surface area is 101 Å². The zero-order valence-electron chi connectivity index (χ0n) is 10.1. The van der Waals surface area contributed by atoms with Gasteiger partial charge in [-0.25, -0.2) is 0 Å². The number of nitrogens with zero attached hydrogens (tertiary/aromatic N) is 3. The first-order valence-electron chi connectivity index (χ1n) is 5.87. The first-order valence-corrected chi connectivity index (χ1v) is 5.87. The number of hydrogen-bond donors (Lipinski definition) is 1. The Hall–Kier alpha value is -1.68. The summed E-state index contributed by atoms with van der Waals surface area (Å²) >= 11 is 0. The van der Waals surface area contributed by atoms with Gasteiger partial charge in [-0.15, -0.1) is 0 Å². The molecule has 2 aromatic heterocycles. The van der Waals surface area contributed by atoms with Crippen LogP contribution in [0.15, 0.2) is 36.8 Å². The monoisotopic (exact) mass is 230 g/mol. The summed E-state index contributed by atoms with van der Waals surface area (Å²) in [5, 5.41) is 4.33. The van der Waals surface area contributed by atoms with E-state index in [9.17, 15) is 0 Å². The predicted octanol–water partition coefficient (Wildman–Crippen LogP) is 1.32. The van der Waals surface area contributed by atoms with Gasteiger partial charge in [-0.3, -0.25) is 9.67 Å². The number of pyridine rings is 1. The predicted molar refractivity (Wildman–Crippen MR) is 67.4 cm³/mol. The van der Waals surface area contributed by atoms with Crippen LogP contribution in [0, 0.1) is 0 Å². The number of aryl methyl sites for hydroxylation is 2. The minimum absolute atomic E-state index is 0.158. The number of hydrogen-bond acceptors (Lipinski definition) is 3. The number of aromatic nitrogens is 3. The van der Waals surface area contributed by atoms with Gasteiger partial charge < -0.3 is 5.73 Å². The van der Waals surface area contributed by atoms with Crippen LogP contribution < -0.4 is 5.73 Å². The Balaban J connectivity index is 1.80. The highest BCUT2D eigenvalue weighted by molar-refractivity contribution is 5.09. The van der Waals surface area contributed by atoms with Gasteiger partial charge in [-0.1, -0.05) is 6.07 Å². The summed E-state index contributed by atoms with van der Waals surface area (Å²) in [4.78, 5) is 4.09. The molecule has 2 aromatic rings. The van der Waals surface area contributed by atoms with E-state index in [0.29, 0.717) is 0 Å². The molecule has 2 N–H and O–H groups in total. The quantitative estimate of drug-likeness (QED) is 0.842. The molecule has 0 spiro atoms. The lowest BCUT2D eigenvalue weighted by Crippen LogP contribution is -2.23. The molecule has 2 heterocycles. The molecule has 0 saturated carbocycles. The van der Waals surface area contributed by atoms with E-state index < -0.39 is 0 Å². The molecule has 4 heteroatoms. The molecule has 2 rings (SSSR count). The lowest BCUT2D eigenvalue weighted by molar-refractivity contribution is 0.594. The molecule has 0 saturated heterocycles. The van der Waals surface area contributed by atoms with E-state index in [1.165, 1.54) is 5.56 Å². The fourth-order valence-electron chi connectivity index (χ4n) is 1.84. The Morgan fingerprint density at radius 1 is 1.41 bits per heavy atom. The summed E-state index contributed by atoms with van der Waals surface area (Å²) in [7, 11) is 1.92. The van der Waals surface area contributed by atoms with Crippen LogP contribution in [0.4, 0.5) is 0 Å². The van der Waals surface area contributed by atoms with Gasteiger partial charge in [0.2, 0.25) is 0 Å². The zero-order valence-corrected chi connectivity index (χ0v) is 10.1. The molecule has 0 aromatic carbocycles. The van der Waals surface area contributed by atoms with Crippen molar-refractivity contribution in [1.82, 2.24) is 14.8 Å². The molecule has 90 valence electrons. The van der Waals surface area contributed by atoms with E-state index in [0.717, 1.165) is 25.0 Å². The third-order valence-electron chi connectivity index (χ3n) is 2.77. The molecule has 0 aliphatic rings. The van der Waals surface area contributed by atoms with Crippen molar-refractivity contribution < 1.29 is 0 Å². The Kier molecular flexibility index (Phi) is 3.88. The molecular formula is C13H18N4. The average molecular weight is 230 g/mol. The lowest BCUT2D eigenvalue weighted by Gasteiger charge is -2.09. The lowest BCUT2D eigenvalue weighted by atomic mass is 10.0. The maximum Gasteiger partial charge on any atom is 0.0639 e. The third kappa shape index (κ3) is 3.67. The Bertz CT molecular complexity index is 449. The molecule has 0 amide bonds. The van der Waals surface area contributed by atoms with Crippen LogP contribution in [0.2, 0.25) is 0 Å². The van der Waals surface area contributed by atoms with E-state index in [4.69, 9.17) is 5.73 Å². The van der Waals surface area contributed by atoms with Crippen LogP contribution in [0.5, 0.6) is 0 Å². The molecule has 0 aliphatic heterocycles. The van der Waals surface area contributed by atoms with Crippen LogP contribution in [0.25, 0.3) is 0 Å². The largest absolute Gasteiger partial charge is 0.327 e. The summed E-state index contributed by atoms with van der Waals surface area (Å²) in [6.45, 7) is 0. The molecule has 0 bridgehead atoms. The summed E-state index contributed by atoms with van der Waals surface area (Å²) in [5.74, 6) is 0. The van der Waals surface area contributed by atoms with E-state index in [2.05, 4.69) is 16.1 Å². The van der Waals surface area contributed by atoms with Crippen LogP contribution in [-0.2, 0) is 19.9 Å². The summed E-state index contributed by atoms with van der Waals surface area (Å²) in [6, 6.07) is 6.22. The van der Waals surface area contributed by atoms with Gasteiger partial charge in [0, 0.05) is 38.1 Å². The molecule has 0 aliphatic carbocycles. The SMILES string of the molecule is Cn1ccc(CC(N)CCc2cccnc2)n1. The van der Waals surface area contributed by atoms with Crippen molar-refractivity contribution in [2.24, 2.45) is 12.8 Å². The molecule has 1 atom stereocenters. The Morgan fingerprint density at radius 3 is 2.94 bits per heavy atom. The Morgan fingerprint density at radius 2 is 2.29 bits per heavy atom. The molecule has 1 unspecified atom stereocenters. The van der Waals surface area contributed by atoms with Gasteiger partial charge >= 0.3 is 0 Å². The number of nitrogens with two attached hydrogens (primary N) is 1. The van der Waals surface area contributed by atoms with E-state index >= 15 is 0 Å². The van der Waals surface area contributed by atoms with Crippen molar-refractivity contribution in [3.05, 3.63) is 48.0 Å². The number of rotatable bonds is 5. The van der Waals surface area contributed by atoms with Crippen molar-refractivity contribution in [2.45, 2.75) is 25.3 Å².